The molecule has 1 rings (SSSR count). The average Bonchev–Trinajstić information content (AvgIpc) is 2.16. The van der Waals surface area contributed by atoms with Crippen LogP contribution < -0.4 is 11.1 Å². The number of nitrogens with one attached hydrogen (secondary N) is 1. The van der Waals surface area contributed by atoms with Gasteiger partial charge in [-0.1, -0.05) is 0 Å². The Morgan fingerprint density at radius 2 is 2.06 bits per heavy atom. The van der Waals surface area contributed by atoms with E-state index in [2.05, 4.69) is 5.32 Å². The van der Waals surface area contributed by atoms with Crippen molar-refractivity contribution >= 4 is 21.4 Å². The summed E-state index contributed by atoms with van der Waals surface area (Å²) in [5.74, 6) is -1.08. The van der Waals surface area contributed by atoms with Gasteiger partial charge in [0.15, 0.2) is 9.84 Å². The van der Waals surface area contributed by atoms with Crippen LogP contribution >= 0.6 is 0 Å². The maximum absolute atomic E-state index is 11.8. The molecule has 0 aromatic heterocycles. The summed E-state index contributed by atoms with van der Waals surface area (Å²) >= 11 is 0. The molecule has 0 radical (unpaired) electrons. The summed E-state index contributed by atoms with van der Waals surface area (Å²) in [6, 6.07) is 4.49. The summed E-state index contributed by atoms with van der Waals surface area (Å²) in [5.41, 5.74) is 6.57. The summed E-state index contributed by atoms with van der Waals surface area (Å²) in [5, 5.41) is 2.28. The summed E-state index contributed by atoms with van der Waals surface area (Å²) in [6.07, 6.45) is 0. The average molecular weight is 242 g/mol. The first-order valence-corrected chi connectivity index (χ1v) is 6.31. The van der Waals surface area contributed by atoms with Gasteiger partial charge in [0.1, 0.15) is 5.75 Å². The van der Waals surface area contributed by atoms with Crippen molar-refractivity contribution in [1.82, 2.24) is 5.32 Å². The molecule has 1 aromatic carbocycles. The van der Waals surface area contributed by atoms with Gasteiger partial charge < -0.3 is 11.1 Å². The summed E-state index contributed by atoms with van der Waals surface area (Å²) in [6.45, 7) is 1.65. The topological polar surface area (TPSA) is 89.3 Å². The first-order chi connectivity index (χ1) is 7.36. The van der Waals surface area contributed by atoms with Crippen molar-refractivity contribution in [2.75, 3.05) is 18.5 Å². The lowest BCUT2D eigenvalue weighted by atomic mass is 10.2. The Kier molecular flexibility index (Phi) is 3.54. The van der Waals surface area contributed by atoms with Gasteiger partial charge in [0.05, 0.1) is 4.90 Å². The highest BCUT2D eigenvalue weighted by atomic mass is 32.2. The summed E-state index contributed by atoms with van der Waals surface area (Å²) in [7, 11) is -2.19. The second-order valence-electron chi connectivity index (χ2n) is 3.46. The normalized spacial score (nSPS) is 11.1. The van der Waals surface area contributed by atoms with Crippen molar-refractivity contribution < 1.29 is 13.2 Å². The second-order valence-corrected chi connectivity index (χ2v) is 5.42. The zero-order valence-corrected chi connectivity index (χ0v) is 9.97. The fourth-order valence-electron chi connectivity index (χ4n) is 1.34. The number of carbonyl (C=O) groups excluding carboxylic acids is 1. The van der Waals surface area contributed by atoms with Crippen LogP contribution in [0.25, 0.3) is 0 Å². The molecule has 0 bridgehead atoms. The quantitative estimate of drug-likeness (QED) is 0.735. The third-order valence-corrected chi connectivity index (χ3v) is 3.90. The number of hydrogen-bond acceptors (Lipinski definition) is 4. The third-order valence-electron chi connectivity index (χ3n) is 2.13. The Morgan fingerprint density at radius 3 is 2.56 bits per heavy atom. The predicted molar refractivity (Wildman–Crippen MR) is 61.7 cm³/mol. The Bertz CT molecular complexity index is 509. The molecular weight excluding hydrogens is 228 g/mol. The number of sulfone groups is 1. The Balaban J connectivity index is 3.13. The van der Waals surface area contributed by atoms with E-state index in [0.29, 0.717) is 11.3 Å². The van der Waals surface area contributed by atoms with E-state index in [4.69, 9.17) is 5.73 Å². The van der Waals surface area contributed by atoms with Crippen molar-refractivity contribution in [1.29, 1.82) is 0 Å². The molecule has 6 heteroatoms. The van der Waals surface area contributed by atoms with E-state index >= 15 is 0 Å². The number of nitrogen functional groups attached to an aromatic ring is 1. The van der Waals surface area contributed by atoms with Gasteiger partial charge in [-0.05, 0) is 30.7 Å². The smallest absolute Gasteiger partial charge is 0.235 e. The standard InChI is InChI=1S/C10H14N2O3S/c1-7-5-8(11)3-4-9(7)16(14,15)6-10(13)12-2/h3-5H,6,11H2,1-2H3,(H,12,13). The molecule has 0 saturated carbocycles. The van der Waals surface area contributed by atoms with Crippen LogP contribution in [0.15, 0.2) is 23.1 Å². The summed E-state index contributed by atoms with van der Waals surface area (Å²) < 4.78 is 23.7. The monoisotopic (exact) mass is 242 g/mol. The van der Waals surface area contributed by atoms with Crippen molar-refractivity contribution in [3.63, 3.8) is 0 Å². The van der Waals surface area contributed by atoms with Gasteiger partial charge in [-0.25, -0.2) is 8.42 Å². The molecule has 0 atom stereocenters. The predicted octanol–water partition coefficient (Wildman–Crippen LogP) is 0.0969. The largest absolute Gasteiger partial charge is 0.399 e. The number of amides is 1. The van der Waals surface area contributed by atoms with Crippen molar-refractivity contribution in [2.45, 2.75) is 11.8 Å². The lowest BCUT2D eigenvalue weighted by Crippen LogP contribution is -2.27. The lowest BCUT2D eigenvalue weighted by molar-refractivity contribution is -0.118. The summed E-state index contributed by atoms with van der Waals surface area (Å²) in [4.78, 5) is 11.2. The molecule has 1 amide bonds. The van der Waals surface area contributed by atoms with E-state index in [0.717, 1.165) is 0 Å². The molecule has 0 aliphatic heterocycles. The van der Waals surface area contributed by atoms with E-state index in [-0.39, 0.29) is 4.90 Å². The highest BCUT2D eigenvalue weighted by Crippen LogP contribution is 2.18. The van der Waals surface area contributed by atoms with Crippen LogP contribution in [0.3, 0.4) is 0 Å². The first kappa shape index (κ1) is 12.5. The van der Waals surface area contributed by atoms with E-state index < -0.39 is 21.5 Å². The van der Waals surface area contributed by atoms with Crippen LogP contribution in [-0.4, -0.2) is 27.1 Å². The molecule has 0 saturated heterocycles. The minimum atomic E-state index is -3.59. The number of carbonyl (C=O) groups is 1. The van der Waals surface area contributed by atoms with Crippen molar-refractivity contribution in [3.05, 3.63) is 23.8 Å². The third kappa shape index (κ3) is 2.73. The van der Waals surface area contributed by atoms with Gasteiger partial charge in [0.2, 0.25) is 5.91 Å². The van der Waals surface area contributed by atoms with Gasteiger partial charge in [-0.15, -0.1) is 0 Å². The van der Waals surface area contributed by atoms with Gasteiger partial charge in [-0.3, -0.25) is 4.79 Å². The molecule has 3 N–H and O–H groups in total. The van der Waals surface area contributed by atoms with E-state index in [1.165, 1.54) is 19.2 Å². The van der Waals surface area contributed by atoms with Crippen molar-refractivity contribution in [3.8, 4) is 0 Å². The minimum absolute atomic E-state index is 0.144. The number of aryl methyl sites for hydroxylation is 1. The van der Waals surface area contributed by atoms with Gasteiger partial charge in [-0.2, -0.15) is 0 Å². The zero-order valence-electron chi connectivity index (χ0n) is 9.15. The molecule has 0 heterocycles. The molecule has 16 heavy (non-hydrogen) atoms. The Morgan fingerprint density at radius 1 is 1.44 bits per heavy atom. The zero-order chi connectivity index (χ0) is 12.3. The fraction of sp³-hybridized carbons (Fsp3) is 0.300. The first-order valence-electron chi connectivity index (χ1n) is 4.66. The maximum atomic E-state index is 11.8. The number of anilines is 1. The molecule has 0 fully saturated rings. The molecular formula is C10H14N2O3S. The van der Waals surface area contributed by atoms with Crippen LogP contribution in [0.4, 0.5) is 5.69 Å². The second kappa shape index (κ2) is 4.52. The van der Waals surface area contributed by atoms with Gasteiger partial charge in [0.25, 0.3) is 0 Å². The highest BCUT2D eigenvalue weighted by Gasteiger charge is 2.20. The molecule has 0 unspecified atom stereocenters. The lowest BCUT2D eigenvalue weighted by Gasteiger charge is -2.07. The number of benzene rings is 1. The number of nitrogens with two attached hydrogens (primary N) is 1. The van der Waals surface area contributed by atoms with Gasteiger partial charge in [0, 0.05) is 12.7 Å². The fourth-order valence-corrected chi connectivity index (χ4v) is 2.81. The van der Waals surface area contributed by atoms with Crippen LogP contribution in [0.1, 0.15) is 5.56 Å². The highest BCUT2D eigenvalue weighted by molar-refractivity contribution is 7.92. The minimum Gasteiger partial charge on any atom is -0.399 e. The number of rotatable bonds is 3. The van der Waals surface area contributed by atoms with Crippen molar-refractivity contribution in [2.24, 2.45) is 0 Å². The van der Waals surface area contributed by atoms with Crippen LogP contribution in [-0.2, 0) is 14.6 Å². The maximum Gasteiger partial charge on any atom is 0.235 e. The van der Waals surface area contributed by atoms with Crippen LogP contribution in [0.2, 0.25) is 0 Å². The van der Waals surface area contributed by atoms with Crippen LogP contribution in [0.5, 0.6) is 0 Å². The van der Waals surface area contributed by atoms with Gasteiger partial charge >= 0.3 is 0 Å². The van der Waals surface area contributed by atoms with Crippen LogP contribution in [0, 0.1) is 6.92 Å². The molecule has 0 aliphatic carbocycles. The Labute approximate surface area is 94.6 Å². The SMILES string of the molecule is CNC(=O)CS(=O)(=O)c1ccc(N)cc1C. The van der Waals surface area contributed by atoms with E-state index in [1.54, 1.807) is 13.0 Å². The molecule has 0 spiro atoms. The number of hydrogen-bond donors (Lipinski definition) is 2. The molecule has 1 aromatic rings. The molecule has 0 aliphatic rings. The Hall–Kier alpha value is -1.56. The van der Waals surface area contributed by atoms with E-state index in [9.17, 15) is 13.2 Å². The molecule has 5 nitrogen and oxygen atoms in total. The molecule has 88 valence electrons. The van der Waals surface area contributed by atoms with E-state index in [1.807, 2.05) is 0 Å².